The van der Waals surface area contributed by atoms with Gasteiger partial charge in [0.05, 0.1) is 6.61 Å². The molecular weight excluding hydrogens is 404 g/mol. The van der Waals surface area contributed by atoms with Gasteiger partial charge in [-0.3, -0.25) is 4.55 Å². The minimum Gasteiger partial charge on any atom is -0.504 e. The van der Waals surface area contributed by atoms with E-state index < -0.39 is 59.4 Å². The molecule has 0 amide bonds. The lowest BCUT2D eigenvalue weighted by molar-refractivity contribution is -0.290. The van der Waals surface area contributed by atoms with Crippen LogP contribution in [0.3, 0.4) is 0 Å². The summed E-state index contributed by atoms with van der Waals surface area (Å²) in [5, 5.41) is 48.0. The summed E-state index contributed by atoms with van der Waals surface area (Å²) in [6.07, 6.45) is -6.73. The van der Waals surface area contributed by atoms with E-state index in [4.69, 9.17) is 14.0 Å². The Kier molecular flexibility index (Phi) is 6.95. The number of carbonyl (C=O) groups is 1. The van der Waals surface area contributed by atoms with Crippen molar-refractivity contribution in [1.82, 2.24) is 0 Å². The average Bonchev–Trinajstić information content (AvgIpc) is 2.61. The minimum absolute atomic E-state index is 0.326. The van der Waals surface area contributed by atoms with Gasteiger partial charge in [-0.2, -0.15) is 8.42 Å². The maximum Gasteiger partial charge on any atom is 0.397 e. The lowest BCUT2D eigenvalue weighted by Crippen LogP contribution is -2.59. The molecule has 1 heterocycles. The van der Waals surface area contributed by atoms with Gasteiger partial charge in [-0.25, -0.2) is 8.98 Å². The predicted molar refractivity (Wildman–Crippen MR) is 89.1 cm³/mol. The molecule has 2 rings (SSSR count). The van der Waals surface area contributed by atoms with Gasteiger partial charge in [0.25, 0.3) is 0 Å². The summed E-state index contributed by atoms with van der Waals surface area (Å²) in [7, 11) is -4.86. The van der Waals surface area contributed by atoms with Crippen molar-refractivity contribution in [3.05, 3.63) is 29.8 Å². The highest BCUT2D eigenvalue weighted by atomic mass is 32.3. The van der Waals surface area contributed by atoms with Crippen molar-refractivity contribution in [2.24, 2.45) is 0 Å². The zero-order valence-electron chi connectivity index (χ0n) is 14.0. The van der Waals surface area contributed by atoms with Crippen LogP contribution in [0.2, 0.25) is 0 Å². The van der Waals surface area contributed by atoms with E-state index in [1.807, 2.05) is 0 Å². The average molecular weight is 422 g/mol. The predicted octanol–water partition coefficient (Wildman–Crippen LogP) is -1.72. The van der Waals surface area contributed by atoms with Crippen LogP contribution in [0.5, 0.6) is 11.5 Å². The number of hydrogen-bond donors (Lipinski definition) is 6. The molecule has 28 heavy (non-hydrogen) atoms. The highest BCUT2D eigenvalue weighted by Crippen LogP contribution is 2.26. The second kappa shape index (κ2) is 8.83. The Morgan fingerprint density at radius 1 is 1.11 bits per heavy atom. The molecule has 0 radical (unpaired) electrons. The van der Waals surface area contributed by atoms with E-state index in [2.05, 4.69) is 4.18 Å². The van der Waals surface area contributed by atoms with Crippen LogP contribution < -0.4 is 0 Å². The number of phenols is 2. The zero-order valence-corrected chi connectivity index (χ0v) is 14.8. The van der Waals surface area contributed by atoms with Crippen molar-refractivity contribution in [1.29, 1.82) is 0 Å². The van der Waals surface area contributed by atoms with Gasteiger partial charge >= 0.3 is 16.4 Å². The van der Waals surface area contributed by atoms with Crippen LogP contribution >= 0.6 is 0 Å². The SMILES string of the molecule is O=C(/C=C/c1ccc(O)c(O)c1)O[C@@H]1O[C@H](COS(=O)(=O)O)[C@@H](O)[C@H](O)[C@H]1O. The second-order valence-corrected chi connectivity index (χ2v) is 6.84. The highest BCUT2D eigenvalue weighted by molar-refractivity contribution is 7.80. The van der Waals surface area contributed by atoms with E-state index in [1.165, 1.54) is 18.2 Å². The third kappa shape index (κ3) is 5.87. The number of aliphatic hydroxyl groups is 3. The van der Waals surface area contributed by atoms with Gasteiger partial charge in [-0.05, 0) is 23.8 Å². The van der Waals surface area contributed by atoms with Gasteiger partial charge in [-0.1, -0.05) is 6.07 Å². The van der Waals surface area contributed by atoms with E-state index in [1.54, 1.807) is 0 Å². The van der Waals surface area contributed by atoms with E-state index in [0.717, 1.165) is 12.1 Å². The summed E-state index contributed by atoms with van der Waals surface area (Å²) < 4.78 is 43.7. The smallest absolute Gasteiger partial charge is 0.397 e. The fraction of sp³-hybridized carbons (Fsp3) is 0.400. The molecule has 5 atom stereocenters. The van der Waals surface area contributed by atoms with E-state index in [-0.39, 0.29) is 5.75 Å². The molecule has 0 unspecified atom stereocenters. The van der Waals surface area contributed by atoms with Gasteiger partial charge < -0.3 is 35.0 Å². The summed E-state index contributed by atoms with van der Waals surface area (Å²) in [6.45, 7) is -0.916. The molecular formula is C15H18O12S. The van der Waals surface area contributed by atoms with Crippen molar-refractivity contribution < 1.29 is 57.0 Å². The molecule has 1 aromatic carbocycles. The Hall–Kier alpha value is -2.26. The summed E-state index contributed by atoms with van der Waals surface area (Å²) in [5.41, 5.74) is 0.326. The number of aliphatic hydroxyl groups excluding tert-OH is 3. The van der Waals surface area contributed by atoms with Crippen LogP contribution in [0.25, 0.3) is 6.08 Å². The van der Waals surface area contributed by atoms with Crippen LogP contribution in [0.4, 0.5) is 0 Å². The first-order valence-corrected chi connectivity index (χ1v) is 9.06. The number of benzene rings is 1. The number of hydrogen-bond acceptors (Lipinski definition) is 11. The number of esters is 1. The normalized spacial score (nSPS) is 28.4. The fourth-order valence-electron chi connectivity index (χ4n) is 2.27. The summed E-state index contributed by atoms with van der Waals surface area (Å²) in [6, 6.07) is 3.73. The molecule has 1 aliphatic heterocycles. The van der Waals surface area contributed by atoms with Crippen LogP contribution in [0.15, 0.2) is 24.3 Å². The number of phenolic OH excluding ortho intramolecular Hbond substituents is 2. The third-order valence-electron chi connectivity index (χ3n) is 3.69. The molecule has 0 saturated carbocycles. The van der Waals surface area contributed by atoms with E-state index in [9.17, 15) is 38.7 Å². The van der Waals surface area contributed by atoms with Crippen molar-refractivity contribution >= 4 is 22.4 Å². The molecule has 0 aliphatic carbocycles. The molecule has 6 N–H and O–H groups in total. The first-order chi connectivity index (χ1) is 13.0. The van der Waals surface area contributed by atoms with Crippen molar-refractivity contribution in [2.75, 3.05) is 6.61 Å². The van der Waals surface area contributed by atoms with Crippen molar-refractivity contribution in [3.63, 3.8) is 0 Å². The topological polar surface area (TPSA) is 200 Å². The van der Waals surface area contributed by atoms with Crippen LogP contribution in [0.1, 0.15) is 5.56 Å². The minimum atomic E-state index is -4.86. The van der Waals surface area contributed by atoms with Crippen molar-refractivity contribution in [2.45, 2.75) is 30.7 Å². The lowest BCUT2D eigenvalue weighted by atomic mass is 9.99. The Balaban J connectivity index is 2.02. The first-order valence-electron chi connectivity index (χ1n) is 7.70. The standard InChI is InChI=1S/C15H18O12S/c16-8-3-1-7(5-9(8)17)2-4-11(18)27-15-14(21)13(20)12(19)10(26-15)6-25-28(22,23)24/h1-5,10,12-17,19-21H,6H2,(H,22,23,24)/b4-2+/t10-,12-,13+,14-,15+/m1/s1. The van der Waals surface area contributed by atoms with Gasteiger partial charge in [0.1, 0.15) is 24.4 Å². The fourth-order valence-corrected chi connectivity index (χ4v) is 2.57. The molecule has 1 saturated heterocycles. The molecule has 1 fully saturated rings. The Morgan fingerprint density at radius 3 is 2.39 bits per heavy atom. The third-order valence-corrected chi connectivity index (χ3v) is 4.13. The van der Waals surface area contributed by atoms with Crippen LogP contribution in [0, 0.1) is 0 Å². The van der Waals surface area contributed by atoms with Gasteiger partial charge in [-0.15, -0.1) is 0 Å². The van der Waals surface area contributed by atoms with Crippen LogP contribution in [-0.2, 0) is 28.9 Å². The van der Waals surface area contributed by atoms with Crippen LogP contribution in [-0.4, -0.2) is 81.8 Å². The Bertz CT molecular complexity index is 835. The molecule has 1 aliphatic rings. The van der Waals surface area contributed by atoms with E-state index >= 15 is 0 Å². The summed E-state index contributed by atoms with van der Waals surface area (Å²) in [4.78, 5) is 11.9. The Labute approximate surface area is 158 Å². The van der Waals surface area contributed by atoms with Gasteiger partial charge in [0, 0.05) is 6.08 Å². The number of carbonyl (C=O) groups excluding carboxylic acids is 1. The molecule has 156 valence electrons. The number of rotatable bonds is 6. The van der Waals surface area contributed by atoms with Gasteiger partial charge in [0.15, 0.2) is 11.5 Å². The number of aromatic hydroxyl groups is 2. The zero-order chi connectivity index (χ0) is 21.1. The molecule has 12 nitrogen and oxygen atoms in total. The van der Waals surface area contributed by atoms with Gasteiger partial charge in [0.2, 0.25) is 6.29 Å². The molecule has 0 spiro atoms. The largest absolute Gasteiger partial charge is 0.504 e. The lowest BCUT2D eigenvalue weighted by Gasteiger charge is -2.39. The van der Waals surface area contributed by atoms with Crippen molar-refractivity contribution in [3.8, 4) is 11.5 Å². The summed E-state index contributed by atoms with van der Waals surface area (Å²) >= 11 is 0. The second-order valence-electron chi connectivity index (χ2n) is 5.75. The highest BCUT2D eigenvalue weighted by Gasteiger charge is 2.45. The monoisotopic (exact) mass is 422 g/mol. The maximum atomic E-state index is 11.9. The quantitative estimate of drug-likeness (QED) is 0.131. The number of ether oxygens (including phenoxy) is 2. The Morgan fingerprint density at radius 2 is 1.79 bits per heavy atom. The molecule has 13 heteroatoms. The maximum absolute atomic E-state index is 11.9. The van der Waals surface area contributed by atoms with E-state index in [0.29, 0.717) is 5.56 Å². The molecule has 0 bridgehead atoms. The molecule has 1 aromatic rings. The summed E-state index contributed by atoms with van der Waals surface area (Å²) in [5.74, 6) is -1.82. The molecule has 0 aromatic heterocycles. The first kappa shape index (κ1) is 22.0.